The van der Waals surface area contributed by atoms with E-state index >= 15 is 0 Å². The summed E-state index contributed by atoms with van der Waals surface area (Å²) in [6.07, 6.45) is 2.12. The van der Waals surface area contributed by atoms with Crippen molar-refractivity contribution in [2.45, 2.75) is 33.6 Å². The molecule has 118 valence electrons. The van der Waals surface area contributed by atoms with Crippen LogP contribution < -0.4 is 10.6 Å². The van der Waals surface area contributed by atoms with E-state index in [2.05, 4.69) is 58.7 Å². The molecule has 0 fully saturated rings. The minimum absolute atomic E-state index is 0.693. The van der Waals surface area contributed by atoms with Gasteiger partial charge in [0.15, 0.2) is 0 Å². The second kappa shape index (κ2) is 8.37. The lowest BCUT2D eigenvalue weighted by molar-refractivity contribution is 0.606. The van der Waals surface area contributed by atoms with Gasteiger partial charge in [-0.2, -0.15) is 0 Å². The second-order valence-corrected chi connectivity index (χ2v) is 5.96. The molecule has 0 bridgehead atoms. The number of aromatic nitrogens is 2. The summed E-state index contributed by atoms with van der Waals surface area (Å²) in [5.74, 6) is 3.27. The van der Waals surface area contributed by atoms with Crippen molar-refractivity contribution in [3.63, 3.8) is 0 Å². The smallest absolute Gasteiger partial charge is 0.131 e. The average molecular weight is 298 g/mol. The Morgan fingerprint density at radius 1 is 0.955 bits per heavy atom. The molecule has 0 aliphatic rings. The predicted molar refractivity (Wildman–Crippen MR) is 93.3 cm³/mol. The van der Waals surface area contributed by atoms with Crippen molar-refractivity contribution in [3.05, 3.63) is 47.8 Å². The number of benzene rings is 1. The molecule has 1 aromatic carbocycles. The Balaban J connectivity index is 1.86. The van der Waals surface area contributed by atoms with Gasteiger partial charge in [-0.3, -0.25) is 0 Å². The van der Waals surface area contributed by atoms with Gasteiger partial charge < -0.3 is 10.6 Å². The molecule has 0 aliphatic carbocycles. The van der Waals surface area contributed by atoms with E-state index in [0.29, 0.717) is 5.92 Å². The molecule has 0 amide bonds. The number of aryl methyl sites for hydroxylation is 1. The van der Waals surface area contributed by atoms with Crippen LogP contribution in [0.25, 0.3) is 0 Å². The number of hydrogen-bond donors (Lipinski definition) is 2. The van der Waals surface area contributed by atoms with Crippen molar-refractivity contribution in [2.75, 3.05) is 23.7 Å². The lowest BCUT2D eigenvalue weighted by atomic mass is 10.1. The van der Waals surface area contributed by atoms with Crippen LogP contribution in [0.3, 0.4) is 0 Å². The zero-order chi connectivity index (χ0) is 15.8. The monoisotopic (exact) mass is 298 g/mol. The van der Waals surface area contributed by atoms with Crippen molar-refractivity contribution in [1.29, 1.82) is 0 Å². The third-order valence-electron chi connectivity index (χ3n) is 3.43. The largest absolute Gasteiger partial charge is 0.370 e. The van der Waals surface area contributed by atoms with Crippen LogP contribution in [0.5, 0.6) is 0 Å². The molecule has 2 aromatic rings. The van der Waals surface area contributed by atoms with E-state index in [1.807, 2.05) is 19.1 Å². The van der Waals surface area contributed by atoms with Crippen LogP contribution in [0.1, 0.15) is 31.7 Å². The Hall–Kier alpha value is -2.10. The maximum atomic E-state index is 4.45. The molecule has 1 aromatic heterocycles. The molecule has 0 unspecified atom stereocenters. The fourth-order valence-electron chi connectivity index (χ4n) is 2.22. The third-order valence-corrected chi connectivity index (χ3v) is 3.43. The highest BCUT2D eigenvalue weighted by Crippen LogP contribution is 2.12. The van der Waals surface area contributed by atoms with Gasteiger partial charge >= 0.3 is 0 Å². The molecule has 2 N–H and O–H groups in total. The van der Waals surface area contributed by atoms with Gasteiger partial charge in [0.05, 0.1) is 0 Å². The number of anilines is 2. The SMILES string of the molecule is Cc1nc(NCCc2ccccc2)cc(NCCC(C)C)n1. The van der Waals surface area contributed by atoms with Gasteiger partial charge in [0.25, 0.3) is 0 Å². The van der Waals surface area contributed by atoms with E-state index in [1.54, 1.807) is 0 Å². The van der Waals surface area contributed by atoms with E-state index in [0.717, 1.165) is 43.4 Å². The molecule has 0 radical (unpaired) electrons. The first-order valence-corrected chi connectivity index (χ1v) is 8.01. The second-order valence-electron chi connectivity index (χ2n) is 5.96. The number of rotatable bonds is 8. The molecule has 0 aliphatic heterocycles. The van der Waals surface area contributed by atoms with Gasteiger partial charge in [-0.05, 0) is 31.2 Å². The summed E-state index contributed by atoms with van der Waals surface area (Å²) in [6.45, 7) is 8.19. The first kappa shape index (κ1) is 16.3. The zero-order valence-corrected chi connectivity index (χ0v) is 13.8. The highest BCUT2D eigenvalue weighted by molar-refractivity contribution is 5.47. The van der Waals surface area contributed by atoms with Crippen molar-refractivity contribution in [2.24, 2.45) is 5.92 Å². The van der Waals surface area contributed by atoms with Gasteiger partial charge in [-0.1, -0.05) is 44.2 Å². The summed E-state index contributed by atoms with van der Waals surface area (Å²) >= 11 is 0. The van der Waals surface area contributed by atoms with Crippen LogP contribution in [0.4, 0.5) is 11.6 Å². The van der Waals surface area contributed by atoms with Gasteiger partial charge in [0.2, 0.25) is 0 Å². The standard InChI is InChI=1S/C18H26N4/c1-14(2)9-11-19-17-13-18(22-15(3)21-17)20-12-10-16-7-5-4-6-8-16/h4-8,13-14H,9-12H2,1-3H3,(H2,19,20,21,22). The quantitative estimate of drug-likeness (QED) is 0.776. The van der Waals surface area contributed by atoms with E-state index < -0.39 is 0 Å². The molecule has 0 saturated carbocycles. The molecule has 2 rings (SSSR count). The minimum Gasteiger partial charge on any atom is -0.370 e. The van der Waals surface area contributed by atoms with Crippen LogP contribution >= 0.6 is 0 Å². The molecule has 0 atom stereocenters. The first-order valence-electron chi connectivity index (χ1n) is 8.01. The van der Waals surface area contributed by atoms with E-state index in [9.17, 15) is 0 Å². The van der Waals surface area contributed by atoms with Crippen LogP contribution in [-0.2, 0) is 6.42 Å². The van der Waals surface area contributed by atoms with E-state index in [4.69, 9.17) is 0 Å². The summed E-state index contributed by atoms with van der Waals surface area (Å²) in [5, 5.41) is 6.76. The molecular weight excluding hydrogens is 272 g/mol. The molecule has 1 heterocycles. The number of hydrogen-bond acceptors (Lipinski definition) is 4. The zero-order valence-electron chi connectivity index (χ0n) is 13.8. The molecule has 0 saturated heterocycles. The van der Waals surface area contributed by atoms with Gasteiger partial charge in [0.1, 0.15) is 17.5 Å². The van der Waals surface area contributed by atoms with Crippen molar-refractivity contribution in [1.82, 2.24) is 9.97 Å². The molecule has 4 heteroatoms. The maximum Gasteiger partial charge on any atom is 0.131 e. The minimum atomic E-state index is 0.693. The first-order chi connectivity index (χ1) is 10.6. The van der Waals surface area contributed by atoms with E-state index in [1.165, 1.54) is 5.56 Å². The van der Waals surface area contributed by atoms with Gasteiger partial charge in [-0.25, -0.2) is 9.97 Å². The molecule has 4 nitrogen and oxygen atoms in total. The van der Waals surface area contributed by atoms with E-state index in [-0.39, 0.29) is 0 Å². The van der Waals surface area contributed by atoms with Crippen LogP contribution in [0.15, 0.2) is 36.4 Å². The Morgan fingerprint density at radius 3 is 2.23 bits per heavy atom. The summed E-state index contributed by atoms with van der Waals surface area (Å²) in [4.78, 5) is 8.88. The summed E-state index contributed by atoms with van der Waals surface area (Å²) in [6, 6.07) is 12.5. The van der Waals surface area contributed by atoms with Crippen molar-refractivity contribution < 1.29 is 0 Å². The molecule has 0 spiro atoms. The van der Waals surface area contributed by atoms with Gasteiger partial charge in [-0.15, -0.1) is 0 Å². The Bertz CT molecular complexity index is 567. The third kappa shape index (κ3) is 5.72. The van der Waals surface area contributed by atoms with Crippen LogP contribution in [-0.4, -0.2) is 23.1 Å². The van der Waals surface area contributed by atoms with Crippen molar-refractivity contribution in [3.8, 4) is 0 Å². The predicted octanol–water partition coefficient (Wildman–Crippen LogP) is 3.90. The van der Waals surface area contributed by atoms with Crippen molar-refractivity contribution >= 4 is 11.6 Å². The average Bonchev–Trinajstić information content (AvgIpc) is 2.47. The molecule has 22 heavy (non-hydrogen) atoms. The van der Waals surface area contributed by atoms with Crippen LogP contribution in [0.2, 0.25) is 0 Å². The highest BCUT2D eigenvalue weighted by atomic mass is 15.1. The Morgan fingerprint density at radius 2 is 1.59 bits per heavy atom. The normalized spacial score (nSPS) is 10.7. The number of nitrogens with one attached hydrogen (secondary N) is 2. The van der Waals surface area contributed by atoms with Crippen LogP contribution in [0, 0.1) is 12.8 Å². The topological polar surface area (TPSA) is 49.8 Å². The molecular formula is C18H26N4. The Labute approximate surface area is 133 Å². The fourth-order valence-corrected chi connectivity index (χ4v) is 2.22. The summed E-state index contributed by atoms with van der Waals surface area (Å²) in [5.41, 5.74) is 1.33. The lowest BCUT2D eigenvalue weighted by Gasteiger charge is -2.11. The highest BCUT2D eigenvalue weighted by Gasteiger charge is 2.02. The fraction of sp³-hybridized carbons (Fsp3) is 0.444. The maximum absolute atomic E-state index is 4.45. The Kier molecular flexibility index (Phi) is 6.19. The summed E-state index contributed by atoms with van der Waals surface area (Å²) < 4.78 is 0. The van der Waals surface area contributed by atoms with Gasteiger partial charge in [0, 0.05) is 19.2 Å². The summed E-state index contributed by atoms with van der Waals surface area (Å²) in [7, 11) is 0. The lowest BCUT2D eigenvalue weighted by Crippen LogP contribution is -2.10. The number of nitrogens with zero attached hydrogens (tertiary/aromatic N) is 2.